The van der Waals surface area contributed by atoms with Gasteiger partial charge in [-0.05, 0) is 31.6 Å². The Labute approximate surface area is 100 Å². The minimum Gasteiger partial charge on any atom is -0.369 e. The molecule has 1 heterocycles. The molecule has 0 bridgehead atoms. The van der Waals surface area contributed by atoms with E-state index in [1.165, 1.54) is 18.9 Å². The van der Waals surface area contributed by atoms with E-state index in [-0.39, 0.29) is 10.6 Å². The molecule has 5 heteroatoms. The number of hydrogen-bond donors (Lipinski definition) is 1. The minimum absolute atomic E-state index is 0.129. The van der Waals surface area contributed by atoms with Crippen molar-refractivity contribution in [2.75, 3.05) is 11.9 Å². The van der Waals surface area contributed by atoms with Crippen LogP contribution in [-0.4, -0.2) is 16.5 Å². The highest BCUT2D eigenvalue weighted by molar-refractivity contribution is 5.49. The number of hydrogen-bond acceptors (Lipinski definition) is 4. The third-order valence-electron chi connectivity index (χ3n) is 3.62. The van der Waals surface area contributed by atoms with Crippen LogP contribution >= 0.6 is 0 Å². The Morgan fingerprint density at radius 2 is 2.29 bits per heavy atom. The molecule has 2 rings (SSSR count). The van der Waals surface area contributed by atoms with Crippen molar-refractivity contribution in [2.24, 2.45) is 5.41 Å². The van der Waals surface area contributed by atoms with E-state index < -0.39 is 0 Å². The number of pyridine rings is 1. The van der Waals surface area contributed by atoms with Gasteiger partial charge in [-0.2, -0.15) is 0 Å². The fraction of sp³-hybridized carbons (Fsp3) is 0.583. The average Bonchev–Trinajstić information content (AvgIpc) is 3.08. The molecule has 0 unspecified atom stereocenters. The van der Waals surface area contributed by atoms with Crippen molar-refractivity contribution >= 4 is 11.5 Å². The van der Waals surface area contributed by atoms with Crippen molar-refractivity contribution in [3.63, 3.8) is 0 Å². The van der Waals surface area contributed by atoms with E-state index in [4.69, 9.17) is 0 Å². The number of aryl methyl sites for hydroxylation is 1. The fourth-order valence-electron chi connectivity index (χ4n) is 1.92. The van der Waals surface area contributed by atoms with Gasteiger partial charge >= 0.3 is 0 Å². The summed E-state index contributed by atoms with van der Waals surface area (Å²) in [4.78, 5) is 14.6. The molecular formula is C12H17N3O2. The first-order valence-electron chi connectivity index (χ1n) is 5.91. The van der Waals surface area contributed by atoms with Gasteiger partial charge in [-0.15, -0.1) is 0 Å². The van der Waals surface area contributed by atoms with Crippen molar-refractivity contribution in [3.8, 4) is 0 Å². The number of nitrogens with one attached hydrogen (secondary N) is 1. The van der Waals surface area contributed by atoms with Gasteiger partial charge in [0.15, 0.2) is 0 Å². The van der Waals surface area contributed by atoms with Crippen molar-refractivity contribution < 1.29 is 4.92 Å². The SMILES string of the molecule is CCC1(CNc2cc([N+](=O)[O-])c(C)cn2)CC1. The summed E-state index contributed by atoms with van der Waals surface area (Å²) in [6.45, 7) is 4.74. The largest absolute Gasteiger partial charge is 0.369 e. The molecule has 1 aromatic heterocycles. The topological polar surface area (TPSA) is 68.1 Å². The summed E-state index contributed by atoms with van der Waals surface area (Å²) in [7, 11) is 0. The van der Waals surface area contributed by atoms with Crippen LogP contribution in [0.5, 0.6) is 0 Å². The Kier molecular flexibility index (Phi) is 3.00. The second-order valence-corrected chi connectivity index (χ2v) is 4.82. The molecule has 0 spiro atoms. The predicted molar refractivity (Wildman–Crippen MR) is 66.1 cm³/mol. The third kappa shape index (κ3) is 2.54. The lowest BCUT2D eigenvalue weighted by atomic mass is 10.0. The molecular weight excluding hydrogens is 218 g/mol. The van der Waals surface area contributed by atoms with Gasteiger partial charge in [0.2, 0.25) is 0 Å². The fourth-order valence-corrected chi connectivity index (χ4v) is 1.92. The van der Waals surface area contributed by atoms with Crippen LogP contribution in [0.2, 0.25) is 0 Å². The van der Waals surface area contributed by atoms with E-state index in [9.17, 15) is 10.1 Å². The van der Waals surface area contributed by atoms with E-state index >= 15 is 0 Å². The zero-order valence-corrected chi connectivity index (χ0v) is 10.2. The Morgan fingerprint density at radius 3 is 2.82 bits per heavy atom. The maximum atomic E-state index is 10.8. The highest BCUT2D eigenvalue weighted by atomic mass is 16.6. The number of nitro groups is 1. The first-order valence-corrected chi connectivity index (χ1v) is 5.91. The zero-order valence-electron chi connectivity index (χ0n) is 10.2. The van der Waals surface area contributed by atoms with Gasteiger partial charge in [-0.1, -0.05) is 6.92 Å². The third-order valence-corrected chi connectivity index (χ3v) is 3.62. The Hall–Kier alpha value is -1.65. The van der Waals surface area contributed by atoms with Crippen LogP contribution in [0.25, 0.3) is 0 Å². The van der Waals surface area contributed by atoms with Crippen molar-refractivity contribution in [3.05, 3.63) is 27.9 Å². The molecule has 17 heavy (non-hydrogen) atoms. The first-order chi connectivity index (χ1) is 8.06. The monoisotopic (exact) mass is 235 g/mol. The van der Waals surface area contributed by atoms with E-state index in [2.05, 4.69) is 17.2 Å². The van der Waals surface area contributed by atoms with Gasteiger partial charge in [-0.3, -0.25) is 10.1 Å². The summed E-state index contributed by atoms with van der Waals surface area (Å²) in [6, 6.07) is 1.51. The van der Waals surface area contributed by atoms with Gasteiger partial charge in [0, 0.05) is 18.3 Å². The first kappa shape index (κ1) is 11.8. The summed E-state index contributed by atoms with van der Waals surface area (Å²) >= 11 is 0. The lowest BCUT2D eigenvalue weighted by Crippen LogP contribution is -2.15. The number of anilines is 1. The van der Waals surface area contributed by atoms with E-state index in [1.54, 1.807) is 13.1 Å². The molecule has 0 saturated heterocycles. The molecule has 1 fully saturated rings. The zero-order chi connectivity index (χ0) is 12.5. The Morgan fingerprint density at radius 1 is 1.59 bits per heavy atom. The number of rotatable bonds is 5. The van der Waals surface area contributed by atoms with Gasteiger partial charge < -0.3 is 5.32 Å². The summed E-state index contributed by atoms with van der Waals surface area (Å²) in [5, 5.41) is 14.0. The standard InChI is InChI=1S/C12H17N3O2/c1-3-12(4-5-12)8-14-11-6-10(15(16)17)9(2)7-13-11/h6-7H,3-5,8H2,1-2H3,(H,13,14). The highest BCUT2D eigenvalue weighted by Crippen LogP contribution is 2.48. The Balaban J connectivity index is 2.06. The lowest BCUT2D eigenvalue weighted by molar-refractivity contribution is -0.385. The Bertz CT molecular complexity index is 441. The highest BCUT2D eigenvalue weighted by Gasteiger charge is 2.40. The molecule has 1 aliphatic rings. The van der Waals surface area contributed by atoms with Crippen LogP contribution in [-0.2, 0) is 0 Å². The molecule has 0 amide bonds. The second kappa shape index (κ2) is 4.31. The summed E-state index contributed by atoms with van der Waals surface area (Å²) in [5.74, 6) is 0.599. The van der Waals surface area contributed by atoms with Crippen LogP contribution in [0.3, 0.4) is 0 Å². The van der Waals surface area contributed by atoms with Crippen LogP contribution in [0, 0.1) is 22.5 Å². The number of nitrogens with zero attached hydrogens (tertiary/aromatic N) is 2. The summed E-state index contributed by atoms with van der Waals surface area (Å²) in [6.07, 6.45) is 5.18. The molecule has 0 aliphatic heterocycles. The van der Waals surface area contributed by atoms with Crippen LogP contribution in [0.1, 0.15) is 31.7 Å². The van der Waals surface area contributed by atoms with Gasteiger partial charge in [-0.25, -0.2) is 4.98 Å². The number of aromatic nitrogens is 1. The quantitative estimate of drug-likeness (QED) is 0.629. The maximum Gasteiger partial charge on any atom is 0.277 e. The molecule has 1 N–H and O–H groups in total. The normalized spacial score (nSPS) is 16.6. The molecule has 92 valence electrons. The molecule has 1 aromatic rings. The predicted octanol–water partition coefficient (Wildman–Crippen LogP) is 2.90. The molecule has 0 aromatic carbocycles. The van der Waals surface area contributed by atoms with E-state index in [0.717, 1.165) is 13.0 Å². The van der Waals surface area contributed by atoms with Crippen molar-refractivity contribution in [2.45, 2.75) is 33.1 Å². The maximum absolute atomic E-state index is 10.8. The summed E-state index contributed by atoms with van der Waals surface area (Å²) in [5.41, 5.74) is 1.13. The average molecular weight is 235 g/mol. The molecule has 5 nitrogen and oxygen atoms in total. The van der Waals surface area contributed by atoms with Gasteiger partial charge in [0.05, 0.1) is 11.0 Å². The van der Waals surface area contributed by atoms with Gasteiger partial charge in [0.25, 0.3) is 5.69 Å². The van der Waals surface area contributed by atoms with Crippen LogP contribution in [0.15, 0.2) is 12.3 Å². The van der Waals surface area contributed by atoms with E-state index in [1.807, 2.05) is 0 Å². The van der Waals surface area contributed by atoms with Crippen molar-refractivity contribution in [1.29, 1.82) is 0 Å². The molecule has 1 aliphatic carbocycles. The smallest absolute Gasteiger partial charge is 0.277 e. The van der Waals surface area contributed by atoms with Crippen LogP contribution < -0.4 is 5.32 Å². The molecule has 1 saturated carbocycles. The molecule has 0 radical (unpaired) electrons. The minimum atomic E-state index is -0.366. The van der Waals surface area contributed by atoms with E-state index in [0.29, 0.717) is 16.8 Å². The second-order valence-electron chi connectivity index (χ2n) is 4.82. The summed E-state index contributed by atoms with van der Waals surface area (Å²) < 4.78 is 0. The van der Waals surface area contributed by atoms with Crippen LogP contribution in [0.4, 0.5) is 11.5 Å². The van der Waals surface area contributed by atoms with Crippen molar-refractivity contribution in [1.82, 2.24) is 4.98 Å². The lowest BCUT2D eigenvalue weighted by Gasteiger charge is -2.13. The van der Waals surface area contributed by atoms with Gasteiger partial charge in [0.1, 0.15) is 5.82 Å². The molecule has 0 atom stereocenters.